The van der Waals surface area contributed by atoms with Crippen molar-refractivity contribution in [3.8, 4) is 0 Å². The summed E-state index contributed by atoms with van der Waals surface area (Å²) in [5.74, 6) is 0. The normalized spacial score (nSPS) is 10.0. The third kappa shape index (κ3) is 4.31. The van der Waals surface area contributed by atoms with E-state index >= 15 is 0 Å². The van der Waals surface area contributed by atoms with Gasteiger partial charge in [-0.15, -0.1) is 23.7 Å². The number of hydrogen-bond acceptors (Lipinski definition) is 4. The van der Waals surface area contributed by atoms with E-state index in [9.17, 15) is 0 Å². The van der Waals surface area contributed by atoms with Crippen molar-refractivity contribution in [2.45, 2.75) is 13.1 Å². The summed E-state index contributed by atoms with van der Waals surface area (Å²) in [5, 5.41) is 18.2. The smallest absolute Gasteiger partial charge is 0.0729 e. The minimum absolute atomic E-state index is 0. The van der Waals surface area contributed by atoms with Crippen LogP contribution in [0.2, 0.25) is 0 Å². The van der Waals surface area contributed by atoms with E-state index in [0.29, 0.717) is 6.54 Å². The summed E-state index contributed by atoms with van der Waals surface area (Å²) in [6.07, 6.45) is 3.65. The zero-order chi connectivity index (χ0) is 11.4. The molecule has 2 heterocycles. The fraction of sp³-hybridized carbons (Fsp3) is 0.300. The molecule has 0 radical (unpaired) electrons. The van der Waals surface area contributed by atoms with Crippen LogP contribution in [0.15, 0.2) is 27.6 Å². The number of aliphatic hydroxyl groups is 1. The van der Waals surface area contributed by atoms with Crippen LogP contribution in [0.4, 0.5) is 5.69 Å². The molecule has 0 unspecified atom stereocenters. The second-order valence-corrected chi connectivity index (χ2v) is 5.62. The van der Waals surface area contributed by atoms with Gasteiger partial charge in [0, 0.05) is 12.7 Å². The fourth-order valence-corrected chi connectivity index (χ4v) is 2.53. The van der Waals surface area contributed by atoms with E-state index < -0.39 is 0 Å². The van der Waals surface area contributed by atoms with Gasteiger partial charge in [0.05, 0.1) is 28.8 Å². The molecule has 0 bridgehead atoms. The highest BCUT2D eigenvalue weighted by atomic mass is 79.9. The Balaban J connectivity index is 0.00000144. The van der Waals surface area contributed by atoms with Gasteiger partial charge < -0.3 is 10.4 Å². The molecule has 17 heavy (non-hydrogen) atoms. The molecule has 0 saturated carbocycles. The Labute approximate surface area is 118 Å². The summed E-state index contributed by atoms with van der Waals surface area (Å²) in [5.41, 5.74) is 2.21. The molecule has 2 aromatic heterocycles. The summed E-state index contributed by atoms with van der Waals surface area (Å²) in [6, 6.07) is 2.09. The van der Waals surface area contributed by atoms with Crippen LogP contribution in [0.25, 0.3) is 0 Å². The summed E-state index contributed by atoms with van der Waals surface area (Å²) >= 11 is 5.11. The van der Waals surface area contributed by atoms with Crippen LogP contribution >= 0.6 is 39.7 Å². The van der Waals surface area contributed by atoms with Crippen LogP contribution in [0, 0.1) is 0 Å². The molecule has 0 aliphatic heterocycles. The van der Waals surface area contributed by atoms with Gasteiger partial charge in [0.1, 0.15) is 0 Å². The maximum absolute atomic E-state index is 8.75. The Morgan fingerprint density at radius 1 is 1.53 bits per heavy atom. The maximum atomic E-state index is 8.75. The van der Waals surface area contributed by atoms with Crippen LogP contribution < -0.4 is 5.32 Å². The highest BCUT2D eigenvalue weighted by molar-refractivity contribution is 9.11. The first kappa shape index (κ1) is 14.5. The Hall–Kier alpha value is -0.560. The lowest BCUT2D eigenvalue weighted by atomic mass is 10.3. The summed E-state index contributed by atoms with van der Waals surface area (Å²) < 4.78 is 2.85. The van der Waals surface area contributed by atoms with Crippen molar-refractivity contribution >= 4 is 45.4 Å². The second-order valence-electron chi connectivity index (χ2n) is 3.33. The molecule has 7 heteroatoms. The van der Waals surface area contributed by atoms with Gasteiger partial charge in [-0.25, -0.2) is 0 Å². The van der Waals surface area contributed by atoms with E-state index in [-0.39, 0.29) is 19.0 Å². The van der Waals surface area contributed by atoms with Crippen molar-refractivity contribution < 1.29 is 5.11 Å². The van der Waals surface area contributed by atoms with Crippen molar-refractivity contribution in [3.05, 3.63) is 33.2 Å². The molecule has 2 N–H and O–H groups in total. The van der Waals surface area contributed by atoms with Crippen molar-refractivity contribution in [2.75, 3.05) is 11.9 Å². The van der Waals surface area contributed by atoms with Gasteiger partial charge in [-0.05, 0) is 32.9 Å². The number of rotatable bonds is 5. The zero-order valence-electron chi connectivity index (χ0n) is 8.97. The number of anilines is 1. The highest BCUT2D eigenvalue weighted by Crippen LogP contribution is 2.21. The predicted molar refractivity (Wildman–Crippen MR) is 75.9 cm³/mol. The third-order valence-electron chi connectivity index (χ3n) is 2.08. The molecule has 2 aromatic rings. The third-order valence-corrected chi connectivity index (χ3v) is 3.63. The monoisotopic (exact) mass is 337 g/mol. The molecule has 2 rings (SSSR count). The van der Waals surface area contributed by atoms with E-state index in [1.807, 2.05) is 6.20 Å². The number of hydrogen-bond donors (Lipinski definition) is 2. The molecule has 0 aliphatic rings. The molecule has 0 fully saturated rings. The number of halogens is 2. The van der Waals surface area contributed by atoms with Crippen molar-refractivity contribution in [3.63, 3.8) is 0 Å². The highest BCUT2D eigenvalue weighted by Gasteiger charge is 1.99. The Morgan fingerprint density at radius 2 is 2.35 bits per heavy atom. The van der Waals surface area contributed by atoms with Gasteiger partial charge in [0.2, 0.25) is 0 Å². The van der Waals surface area contributed by atoms with Crippen LogP contribution in [-0.4, -0.2) is 21.5 Å². The van der Waals surface area contributed by atoms with E-state index in [4.69, 9.17) is 5.11 Å². The molecule has 0 aliphatic carbocycles. The first-order valence-corrected chi connectivity index (χ1v) is 6.55. The molecule has 0 spiro atoms. The number of nitrogens with one attached hydrogen (secondary N) is 1. The molecule has 0 saturated heterocycles. The van der Waals surface area contributed by atoms with Crippen LogP contribution in [0.5, 0.6) is 0 Å². The topological polar surface area (TPSA) is 50.1 Å². The largest absolute Gasteiger partial charge is 0.394 e. The number of thiophene rings is 1. The standard InChI is InChI=1S/C10H12BrN3OS.ClH/c11-10-3-8(7-16-10)4-12-9-5-13-14(6-9)1-2-15;/h3,5-7,12,15H,1-2,4H2;1H. The van der Waals surface area contributed by atoms with Crippen LogP contribution in [0.3, 0.4) is 0 Å². The second kappa shape index (κ2) is 7.00. The Morgan fingerprint density at radius 3 is 3.00 bits per heavy atom. The maximum Gasteiger partial charge on any atom is 0.0729 e. The lowest BCUT2D eigenvalue weighted by Crippen LogP contribution is -2.02. The van der Waals surface area contributed by atoms with E-state index in [0.717, 1.165) is 16.0 Å². The van der Waals surface area contributed by atoms with Crippen molar-refractivity contribution in [1.29, 1.82) is 0 Å². The van der Waals surface area contributed by atoms with Crippen LogP contribution in [-0.2, 0) is 13.1 Å². The summed E-state index contributed by atoms with van der Waals surface area (Å²) in [4.78, 5) is 0. The first-order chi connectivity index (χ1) is 7.78. The van der Waals surface area contributed by atoms with Crippen molar-refractivity contribution in [1.82, 2.24) is 9.78 Å². The zero-order valence-corrected chi connectivity index (χ0v) is 12.2. The molecule has 4 nitrogen and oxygen atoms in total. The lowest BCUT2D eigenvalue weighted by Gasteiger charge is -2.00. The number of aromatic nitrogens is 2. The van der Waals surface area contributed by atoms with Gasteiger partial charge in [0.25, 0.3) is 0 Å². The molecular weight excluding hydrogens is 326 g/mol. The average Bonchev–Trinajstić information content (AvgIpc) is 2.85. The molecule has 0 amide bonds. The molecular formula is C10H13BrClN3OS. The van der Waals surface area contributed by atoms with Crippen LogP contribution in [0.1, 0.15) is 5.56 Å². The van der Waals surface area contributed by atoms with E-state index in [1.165, 1.54) is 5.56 Å². The minimum atomic E-state index is 0. The quantitative estimate of drug-likeness (QED) is 0.881. The molecule has 94 valence electrons. The fourth-order valence-electron chi connectivity index (χ4n) is 1.32. The lowest BCUT2D eigenvalue weighted by molar-refractivity contribution is 0.269. The minimum Gasteiger partial charge on any atom is -0.394 e. The van der Waals surface area contributed by atoms with Gasteiger partial charge in [0.15, 0.2) is 0 Å². The molecule has 0 atom stereocenters. The summed E-state index contributed by atoms with van der Waals surface area (Å²) in [7, 11) is 0. The van der Waals surface area contributed by atoms with E-state index in [1.54, 1.807) is 22.2 Å². The number of nitrogens with zero attached hydrogens (tertiary/aromatic N) is 2. The summed E-state index contributed by atoms with van der Waals surface area (Å²) in [6.45, 7) is 1.43. The van der Waals surface area contributed by atoms with E-state index in [2.05, 4.69) is 37.8 Å². The Kier molecular flexibility index (Phi) is 5.97. The Bertz CT molecular complexity index is 460. The SMILES string of the molecule is Cl.OCCn1cc(NCc2csc(Br)c2)cn1. The predicted octanol–water partition coefficient (Wildman–Crippen LogP) is 2.73. The molecule has 0 aromatic carbocycles. The average molecular weight is 339 g/mol. The first-order valence-electron chi connectivity index (χ1n) is 4.88. The van der Waals surface area contributed by atoms with Gasteiger partial charge in [-0.1, -0.05) is 0 Å². The number of aliphatic hydroxyl groups excluding tert-OH is 1. The van der Waals surface area contributed by atoms with Crippen molar-refractivity contribution in [2.24, 2.45) is 0 Å². The van der Waals surface area contributed by atoms with Gasteiger partial charge in [-0.2, -0.15) is 5.10 Å². The van der Waals surface area contributed by atoms with Gasteiger partial charge >= 0.3 is 0 Å². The van der Waals surface area contributed by atoms with Gasteiger partial charge in [-0.3, -0.25) is 4.68 Å².